The van der Waals surface area contributed by atoms with Gasteiger partial charge in [-0.2, -0.15) is 0 Å². The minimum Gasteiger partial charge on any atom is -0.507 e. The van der Waals surface area contributed by atoms with Gasteiger partial charge in [0, 0.05) is 55.7 Å². The van der Waals surface area contributed by atoms with Crippen molar-refractivity contribution >= 4 is 29.5 Å². The lowest BCUT2D eigenvalue weighted by Crippen LogP contribution is -2.47. The average Bonchev–Trinajstić information content (AvgIpc) is 3.25. The minimum atomic E-state index is -1.37. The van der Waals surface area contributed by atoms with E-state index in [0.717, 1.165) is 25.7 Å². The van der Waals surface area contributed by atoms with Crippen molar-refractivity contribution in [3.63, 3.8) is 0 Å². The van der Waals surface area contributed by atoms with Gasteiger partial charge in [0.25, 0.3) is 0 Å². The van der Waals surface area contributed by atoms with Crippen LogP contribution in [0.3, 0.4) is 0 Å². The first-order chi connectivity index (χ1) is 30.1. The number of nitrogens with one attached hydrogen (secondary N) is 2. The molecular weight excluding hydrogens is 819 g/mol. The molecule has 1 aliphatic rings. The van der Waals surface area contributed by atoms with E-state index in [9.17, 15) is 54.6 Å². The van der Waals surface area contributed by atoms with E-state index >= 15 is 0 Å². The van der Waals surface area contributed by atoms with E-state index in [0.29, 0.717) is 17.5 Å². The lowest BCUT2D eigenvalue weighted by Gasteiger charge is -2.31. The number of nitrogens with zero attached hydrogens (tertiary/aromatic N) is 1. The third-order valence-corrected chi connectivity index (χ3v) is 12.6. The van der Waals surface area contributed by atoms with Gasteiger partial charge in [0.1, 0.15) is 23.3 Å². The molecule has 0 fully saturated rings. The molecule has 3 rings (SSSR count). The number of carbonyl (C=O) groups excluding carboxylic acids is 4. The SMILES string of the molecule is C.CCCCCCCCCCCCCCCC(=O)N(C)[C@H](CO)C(O)CCC(C)C(=O)CCC(=O)N[C@H]1c2ccc(O)c(c2)-c2cc(ccc2O)C[C@@H](C(=O)O)NC(=O)[C@H](C)CC1O. The smallest absolute Gasteiger partial charge is 0.326 e. The Morgan fingerprint density at radius 1 is 0.828 bits per heavy atom. The molecule has 14 nitrogen and oxygen atoms in total. The van der Waals surface area contributed by atoms with E-state index in [1.807, 2.05) is 0 Å². The normalized spacial score (nSPS) is 19.0. The third-order valence-electron chi connectivity index (χ3n) is 12.6. The van der Waals surface area contributed by atoms with Crippen LogP contribution >= 0.6 is 0 Å². The number of aliphatic carboxylic acids is 1. The zero-order chi connectivity index (χ0) is 46.5. The van der Waals surface area contributed by atoms with Crippen LogP contribution in [-0.2, 0) is 30.4 Å². The first-order valence-corrected chi connectivity index (χ1v) is 23.3. The Labute approximate surface area is 381 Å². The second kappa shape index (κ2) is 29.1. The Morgan fingerprint density at radius 3 is 1.97 bits per heavy atom. The number of Topliss-reactive ketones (excluding diaryl/α,β-unsaturated/α-hetero) is 1. The van der Waals surface area contributed by atoms with E-state index in [-0.39, 0.29) is 80.3 Å². The van der Waals surface area contributed by atoms with E-state index in [4.69, 9.17) is 0 Å². The molecule has 3 amide bonds. The molecule has 8 N–H and O–H groups in total. The monoisotopic (exact) mass is 898 g/mol. The summed E-state index contributed by atoms with van der Waals surface area (Å²) in [5, 5.41) is 69.3. The van der Waals surface area contributed by atoms with Gasteiger partial charge in [-0.1, -0.05) is 117 Å². The molecule has 4 bridgehead atoms. The largest absolute Gasteiger partial charge is 0.507 e. The Bertz CT molecular complexity index is 1770. The van der Waals surface area contributed by atoms with Crippen molar-refractivity contribution in [1.82, 2.24) is 15.5 Å². The number of fused-ring (bicyclic) bond motifs is 5. The van der Waals surface area contributed by atoms with Crippen LogP contribution in [0, 0.1) is 11.8 Å². The molecule has 360 valence electrons. The van der Waals surface area contributed by atoms with E-state index in [2.05, 4.69) is 17.6 Å². The number of ketones is 1. The van der Waals surface area contributed by atoms with Crippen molar-refractivity contribution in [1.29, 1.82) is 0 Å². The van der Waals surface area contributed by atoms with Crippen LogP contribution in [0.15, 0.2) is 36.4 Å². The molecule has 64 heavy (non-hydrogen) atoms. The Balaban J connectivity index is 0.0000141. The second-order valence-electron chi connectivity index (χ2n) is 17.7. The lowest BCUT2D eigenvalue weighted by atomic mass is 9.89. The summed E-state index contributed by atoms with van der Waals surface area (Å²) in [5.74, 6) is -4.71. The molecule has 0 saturated carbocycles. The van der Waals surface area contributed by atoms with Gasteiger partial charge in [0.2, 0.25) is 17.7 Å². The second-order valence-corrected chi connectivity index (χ2v) is 17.7. The first-order valence-electron chi connectivity index (χ1n) is 23.3. The number of carbonyl (C=O) groups is 5. The number of aliphatic hydroxyl groups excluding tert-OH is 3. The molecule has 0 spiro atoms. The first kappa shape index (κ1) is 55.6. The third kappa shape index (κ3) is 18.2. The molecular formula is C50H79N3O11. The van der Waals surface area contributed by atoms with Crippen LogP contribution in [0.25, 0.3) is 11.1 Å². The Morgan fingerprint density at radius 2 is 1.39 bits per heavy atom. The summed E-state index contributed by atoms with van der Waals surface area (Å²) in [4.78, 5) is 66.2. The summed E-state index contributed by atoms with van der Waals surface area (Å²) in [6.45, 7) is 5.02. The molecule has 0 saturated heterocycles. The van der Waals surface area contributed by atoms with Crippen LogP contribution in [0.4, 0.5) is 0 Å². The highest BCUT2D eigenvalue weighted by molar-refractivity contribution is 5.87. The number of amides is 3. The number of rotatable bonds is 26. The number of aliphatic hydroxyl groups is 3. The maximum Gasteiger partial charge on any atom is 0.326 e. The van der Waals surface area contributed by atoms with Crippen molar-refractivity contribution in [2.24, 2.45) is 11.8 Å². The molecule has 14 heteroatoms. The van der Waals surface area contributed by atoms with Gasteiger partial charge in [0.05, 0.1) is 30.9 Å². The highest BCUT2D eigenvalue weighted by atomic mass is 16.4. The van der Waals surface area contributed by atoms with Crippen LogP contribution in [0.2, 0.25) is 0 Å². The van der Waals surface area contributed by atoms with Gasteiger partial charge in [0.15, 0.2) is 0 Å². The standard InChI is InChI=1S/C49H75N3O11.CH4/c1-5-6-7-8-9-10-11-12-13-14-15-16-17-18-46(60)52(4)39(31-53)43(57)22-19-32(2)40(54)25-26-45(59)51-47-35-21-24-42(56)37(30-35)36-28-34(20-23-41(36)55)29-38(49(62)63)50-48(61)33(3)27-44(47)58;/h20-21,23-24,28,30,32-33,38-39,43-44,47,53,55-58H,5-19,22,25-27,29,31H2,1-4H3,(H,50,61)(H,51,59)(H,62,63);1H4/t32?,33-,38+,39-,43?,44?,47+;/m1./s1. The molecule has 2 aromatic carbocycles. The van der Waals surface area contributed by atoms with Gasteiger partial charge in [-0.25, -0.2) is 4.79 Å². The summed E-state index contributed by atoms with van der Waals surface area (Å²) < 4.78 is 0. The fourth-order valence-corrected chi connectivity index (χ4v) is 8.31. The number of carboxylic acids is 1. The summed E-state index contributed by atoms with van der Waals surface area (Å²) in [6.07, 6.45) is 13.2. The highest BCUT2D eigenvalue weighted by Gasteiger charge is 2.32. The zero-order valence-electron chi connectivity index (χ0n) is 38.0. The maximum absolute atomic E-state index is 13.4. The number of hydrogen-bond acceptors (Lipinski definition) is 10. The molecule has 3 unspecified atom stereocenters. The van der Waals surface area contributed by atoms with Crippen molar-refractivity contribution in [2.45, 2.75) is 187 Å². The molecule has 0 aromatic heterocycles. The Hall–Kier alpha value is -4.53. The van der Waals surface area contributed by atoms with Gasteiger partial charge in [-0.15, -0.1) is 0 Å². The van der Waals surface area contributed by atoms with Gasteiger partial charge >= 0.3 is 5.97 Å². The van der Waals surface area contributed by atoms with Crippen molar-refractivity contribution < 1.29 is 54.6 Å². The predicted molar refractivity (Wildman–Crippen MR) is 248 cm³/mol. The molecule has 2 aromatic rings. The van der Waals surface area contributed by atoms with E-state index in [1.54, 1.807) is 14.0 Å². The number of unbranched alkanes of at least 4 members (excludes halogenated alkanes) is 12. The number of likely N-dealkylation sites (N-methyl/N-ethyl adjacent to an activating group) is 1. The van der Waals surface area contributed by atoms with Crippen LogP contribution < -0.4 is 10.6 Å². The van der Waals surface area contributed by atoms with Crippen molar-refractivity contribution in [3.05, 3.63) is 47.5 Å². The predicted octanol–water partition coefficient (Wildman–Crippen LogP) is 7.50. The van der Waals surface area contributed by atoms with Crippen LogP contribution in [0.5, 0.6) is 11.5 Å². The summed E-state index contributed by atoms with van der Waals surface area (Å²) in [7, 11) is 1.58. The topological polar surface area (TPSA) is 234 Å². The molecule has 1 heterocycles. The number of carboxylic acid groups (broad SMARTS) is 1. The van der Waals surface area contributed by atoms with Gasteiger partial charge in [-0.3, -0.25) is 19.2 Å². The molecule has 0 radical (unpaired) electrons. The molecule has 0 aliphatic carbocycles. The summed E-state index contributed by atoms with van der Waals surface area (Å²) in [6, 6.07) is 5.45. The fourth-order valence-electron chi connectivity index (χ4n) is 8.31. The van der Waals surface area contributed by atoms with Gasteiger partial charge in [-0.05, 0) is 61.1 Å². The lowest BCUT2D eigenvalue weighted by molar-refractivity contribution is -0.142. The van der Waals surface area contributed by atoms with Gasteiger partial charge < -0.3 is 46.2 Å². The maximum atomic E-state index is 13.4. The quantitative estimate of drug-likeness (QED) is 0.0431. The van der Waals surface area contributed by atoms with Crippen LogP contribution in [0.1, 0.15) is 167 Å². The number of hydrogen-bond donors (Lipinski definition) is 8. The number of aromatic hydroxyl groups is 2. The number of phenolic OH excluding ortho intramolecular Hbond substituents is 2. The average molecular weight is 898 g/mol. The molecule has 1 aliphatic heterocycles. The summed E-state index contributed by atoms with van der Waals surface area (Å²) in [5.41, 5.74) is 1.15. The summed E-state index contributed by atoms with van der Waals surface area (Å²) >= 11 is 0. The Kier molecular flexibility index (Phi) is 25.3. The molecule has 7 atom stereocenters. The van der Waals surface area contributed by atoms with Crippen LogP contribution in [-0.4, -0.2) is 103 Å². The number of phenols is 2. The van der Waals surface area contributed by atoms with E-state index < -0.39 is 66.6 Å². The van der Waals surface area contributed by atoms with Crippen molar-refractivity contribution in [3.8, 4) is 22.6 Å². The fraction of sp³-hybridized carbons (Fsp3) is 0.660. The number of benzene rings is 2. The minimum absolute atomic E-state index is 0. The van der Waals surface area contributed by atoms with E-state index in [1.165, 1.54) is 106 Å². The zero-order valence-corrected chi connectivity index (χ0v) is 38.0. The highest BCUT2D eigenvalue weighted by Crippen LogP contribution is 2.39. The van der Waals surface area contributed by atoms with Crippen molar-refractivity contribution in [2.75, 3.05) is 13.7 Å².